The molecule has 0 fully saturated rings. The Hall–Kier alpha value is -3.69. The zero-order chi connectivity index (χ0) is 28.1. The predicted octanol–water partition coefficient (Wildman–Crippen LogP) is 8.19. The minimum Gasteiger partial charge on any atom is -0.469 e. The molecule has 3 aromatic rings. The van der Waals surface area contributed by atoms with E-state index in [1.54, 1.807) is 44.2 Å². The number of anilines is 1. The van der Waals surface area contributed by atoms with Crippen LogP contribution in [-0.4, -0.2) is 19.4 Å². The van der Waals surface area contributed by atoms with Gasteiger partial charge in [0.2, 0.25) is 0 Å². The first-order valence-electron chi connectivity index (χ1n) is 11.8. The fraction of sp³-hybridized carbons (Fsp3) is 0.321. The van der Waals surface area contributed by atoms with E-state index in [9.17, 15) is 31.1 Å². The molecule has 38 heavy (non-hydrogen) atoms. The number of methoxy groups -OCH3 is 1. The van der Waals surface area contributed by atoms with Gasteiger partial charge in [0.15, 0.2) is 0 Å². The minimum absolute atomic E-state index is 0.102. The summed E-state index contributed by atoms with van der Waals surface area (Å²) < 4.78 is 89.6. The quantitative estimate of drug-likeness (QED) is 0.220. The largest absolute Gasteiger partial charge is 0.573 e. The third kappa shape index (κ3) is 7.66. The Morgan fingerprint density at radius 1 is 0.895 bits per heavy atom. The number of carbonyl (C=O) groups excluding carboxylic acids is 1. The van der Waals surface area contributed by atoms with Crippen LogP contribution in [0.5, 0.6) is 5.75 Å². The molecule has 3 aromatic carbocycles. The molecule has 0 radical (unpaired) electrons. The summed E-state index contributed by atoms with van der Waals surface area (Å²) in [5.41, 5.74) is 0.0595. The molecule has 0 saturated heterocycles. The fourth-order valence-corrected chi connectivity index (χ4v) is 4.16. The maximum absolute atomic E-state index is 14.5. The standard InChI is InChI=1S/C28H27F6NO3/c1-17(2)13-23(26(36)37-3)22-14-20(19-7-5-4-6-8-19)15-24(25(22)27(29,30)31)35-16-18-9-11-21(12-10-18)38-28(32,33)34/h4-12,14-15,17,23,35H,13,16H2,1-3H3. The molecule has 0 saturated carbocycles. The SMILES string of the molecule is COC(=O)C(CC(C)C)c1cc(-c2ccccc2)cc(NCc2ccc(OC(F)(F)F)cc2)c1C(F)(F)F. The fourth-order valence-electron chi connectivity index (χ4n) is 4.16. The second-order valence-electron chi connectivity index (χ2n) is 9.10. The van der Waals surface area contributed by atoms with Gasteiger partial charge >= 0.3 is 18.5 Å². The normalized spacial score (nSPS) is 12.8. The Morgan fingerprint density at radius 3 is 2.05 bits per heavy atom. The highest BCUT2D eigenvalue weighted by Gasteiger charge is 2.40. The van der Waals surface area contributed by atoms with Crippen LogP contribution < -0.4 is 10.1 Å². The van der Waals surface area contributed by atoms with E-state index in [0.29, 0.717) is 16.7 Å². The smallest absolute Gasteiger partial charge is 0.469 e. The average Bonchev–Trinajstić information content (AvgIpc) is 2.84. The van der Waals surface area contributed by atoms with Gasteiger partial charge in [-0.05, 0) is 58.9 Å². The van der Waals surface area contributed by atoms with Gasteiger partial charge in [-0.1, -0.05) is 56.3 Å². The van der Waals surface area contributed by atoms with Gasteiger partial charge in [-0.3, -0.25) is 4.79 Å². The van der Waals surface area contributed by atoms with Gasteiger partial charge in [-0.25, -0.2) is 0 Å². The van der Waals surface area contributed by atoms with E-state index in [2.05, 4.69) is 10.1 Å². The second kappa shape index (κ2) is 11.8. The maximum Gasteiger partial charge on any atom is 0.573 e. The van der Waals surface area contributed by atoms with Gasteiger partial charge < -0.3 is 14.8 Å². The molecule has 0 aromatic heterocycles. The molecule has 3 rings (SSSR count). The molecule has 0 aliphatic carbocycles. The van der Waals surface area contributed by atoms with Crippen LogP contribution in [0.15, 0.2) is 66.7 Å². The number of hydrogen-bond donors (Lipinski definition) is 1. The van der Waals surface area contributed by atoms with Crippen LogP contribution in [0, 0.1) is 5.92 Å². The maximum atomic E-state index is 14.5. The van der Waals surface area contributed by atoms with Crippen molar-refractivity contribution in [3.8, 4) is 16.9 Å². The van der Waals surface area contributed by atoms with E-state index in [-0.39, 0.29) is 30.1 Å². The first-order valence-corrected chi connectivity index (χ1v) is 11.8. The van der Waals surface area contributed by atoms with E-state index in [0.717, 1.165) is 19.2 Å². The molecule has 4 nitrogen and oxygen atoms in total. The van der Waals surface area contributed by atoms with Gasteiger partial charge in [0.1, 0.15) is 5.75 Å². The lowest BCUT2D eigenvalue weighted by molar-refractivity contribution is -0.274. The summed E-state index contributed by atoms with van der Waals surface area (Å²) in [5, 5.41) is 2.78. The highest BCUT2D eigenvalue weighted by molar-refractivity contribution is 5.82. The molecule has 10 heteroatoms. The number of hydrogen-bond acceptors (Lipinski definition) is 4. The predicted molar refractivity (Wildman–Crippen MR) is 132 cm³/mol. The van der Waals surface area contributed by atoms with Crippen LogP contribution in [0.3, 0.4) is 0 Å². The van der Waals surface area contributed by atoms with E-state index in [1.807, 2.05) is 0 Å². The van der Waals surface area contributed by atoms with Crippen molar-refractivity contribution in [2.45, 2.75) is 45.3 Å². The molecule has 0 aliphatic rings. The van der Waals surface area contributed by atoms with Crippen molar-refractivity contribution in [1.82, 2.24) is 0 Å². The number of halogens is 6. The number of ether oxygens (including phenoxy) is 2. The Morgan fingerprint density at radius 2 is 1.53 bits per heavy atom. The molecular formula is C28H27F6NO3. The van der Waals surface area contributed by atoms with Crippen molar-refractivity contribution in [2.24, 2.45) is 5.92 Å². The van der Waals surface area contributed by atoms with Gasteiger partial charge in [0, 0.05) is 12.2 Å². The third-order valence-corrected chi connectivity index (χ3v) is 5.77. The van der Waals surface area contributed by atoms with Gasteiger partial charge in [-0.15, -0.1) is 13.2 Å². The van der Waals surface area contributed by atoms with Crippen LogP contribution in [0.4, 0.5) is 32.0 Å². The van der Waals surface area contributed by atoms with Crippen LogP contribution in [0.2, 0.25) is 0 Å². The molecule has 0 amide bonds. The summed E-state index contributed by atoms with van der Waals surface area (Å²) in [6.45, 7) is 3.48. The summed E-state index contributed by atoms with van der Waals surface area (Å²) in [5.74, 6) is -2.49. The lowest BCUT2D eigenvalue weighted by Gasteiger charge is -2.25. The summed E-state index contributed by atoms with van der Waals surface area (Å²) >= 11 is 0. The molecule has 1 N–H and O–H groups in total. The lowest BCUT2D eigenvalue weighted by atomic mass is 9.84. The monoisotopic (exact) mass is 539 g/mol. The Labute approximate surface area is 216 Å². The van der Waals surface area contributed by atoms with Crippen LogP contribution in [-0.2, 0) is 22.3 Å². The molecule has 0 aliphatic heterocycles. The molecule has 1 unspecified atom stereocenters. The second-order valence-corrected chi connectivity index (χ2v) is 9.10. The van der Waals surface area contributed by atoms with Crippen molar-refractivity contribution in [2.75, 3.05) is 12.4 Å². The highest BCUT2D eigenvalue weighted by atomic mass is 19.4. The number of alkyl halides is 6. The van der Waals surface area contributed by atoms with Crippen LogP contribution >= 0.6 is 0 Å². The summed E-state index contributed by atoms with van der Waals surface area (Å²) in [6.07, 6.45) is -9.55. The van der Waals surface area contributed by atoms with Crippen LogP contribution in [0.1, 0.15) is 42.9 Å². The summed E-state index contributed by atoms with van der Waals surface area (Å²) in [7, 11) is 1.13. The Bertz CT molecular complexity index is 1220. The van der Waals surface area contributed by atoms with Crippen LogP contribution in [0.25, 0.3) is 11.1 Å². The van der Waals surface area contributed by atoms with Crippen molar-refractivity contribution in [1.29, 1.82) is 0 Å². The molecule has 0 spiro atoms. The molecular weight excluding hydrogens is 512 g/mol. The van der Waals surface area contributed by atoms with Crippen molar-refractivity contribution < 1.29 is 40.6 Å². The van der Waals surface area contributed by atoms with E-state index >= 15 is 0 Å². The van der Waals surface area contributed by atoms with E-state index < -0.39 is 35.7 Å². The Balaban J connectivity index is 2.10. The minimum atomic E-state index is -4.86. The van der Waals surface area contributed by atoms with E-state index in [4.69, 9.17) is 4.74 Å². The van der Waals surface area contributed by atoms with Gasteiger partial charge in [0.25, 0.3) is 0 Å². The third-order valence-electron chi connectivity index (χ3n) is 5.77. The summed E-state index contributed by atoms with van der Waals surface area (Å²) in [6, 6.07) is 16.3. The number of nitrogens with one attached hydrogen (secondary N) is 1. The van der Waals surface area contributed by atoms with E-state index in [1.165, 1.54) is 24.3 Å². The lowest BCUT2D eigenvalue weighted by Crippen LogP contribution is -2.22. The Kier molecular flexibility index (Phi) is 8.96. The molecule has 0 bridgehead atoms. The number of benzene rings is 3. The first kappa shape index (κ1) is 28.9. The summed E-state index contributed by atoms with van der Waals surface area (Å²) in [4.78, 5) is 12.7. The molecule has 1 atom stereocenters. The van der Waals surface area contributed by atoms with Crippen molar-refractivity contribution in [3.05, 3.63) is 83.4 Å². The zero-order valence-corrected chi connectivity index (χ0v) is 20.9. The van der Waals surface area contributed by atoms with Crippen molar-refractivity contribution >= 4 is 11.7 Å². The topological polar surface area (TPSA) is 47.6 Å². The zero-order valence-electron chi connectivity index (χ0n) is 20.9. The number of rotatable bonds is 9. The number of esters is 1. The van der Waals surface area contributed by atoms with Gasteiger partial charge in [-0.2, -0.15) is 13.2 Å². The molecule has 204 valence electrons. The highest BCUT2D eigenvalue weighted by Crippen LogP contribution is 2.44. The average molecular weight is 540 g/mol. The first-order chi connectivity index (χ1) is 17.8. The molecule has 0 heterocycles. The number of carbonyl (C=O) groups is 1. The van der Waals surface area contributed by atoms with Gasteiger partial charge in [0.05, 0.1) is 18.6 Å². The van der Waals surface area contributed by atoms with Crippen molar-refractivity contribution in [3.63, 3.8) is 0 Å².